The van der Waals surface area contributed by atoms with E-state index in [9.17, 15) is 13.6 Å². The summed E-state index contributed by atoms with van der Waals surface area (Å²) in [6, 6.07) is 2.81. The van der Waals surface area contributed by atoms with Gasteiger partial charge in [0.2, 0.25) is 0 Å². The summed E-state index contributed by atoms with van der Waals surface area (Å²) in [5.74, 6) is -0.0676. The summed E-state index contributed by atoms with van der Waals surface area (Å²) in [4.78, 5) is 15.3. The number of aromatic amines is 1. The minimum Gasteiger partial charge on any atom is -0.493 e. The molecule has 2 aromatic rings. The Bertz CT molecular complexity index is 811. The molecule has 0 atom stereocenters. The van der Waals surface area contributed by atoms with Crippen LogP contribution in [0, 0.1) is 4.77 Å². The third-order valence-corrected chi connectivity index (χ3v) is 3.64. The van der Waals surface area contributed by atoms with E-state index in [1.165, 1.54) is 23.8 Å². The van der Waals surface area contributed by atoms with Crippen LogP contribution < -0.4 is 15.0 Å². The van der Waals surface area contributed by atoms with Crippen molar-refractivity contribution < 1.29 is 18.3 Å². The molecule has 0 amide bonds. The number of nitrogens with zero attached hydrogens (tertiary/aromatic N) is 1. The highest BCUT2D eigenvalue weighted by Crippen LogP contribution is 2.35. The molecule has 0 radical (unpaired) electrons. The van der Waals surface area contributed by atoms with Crippen molar-refractivity contribution in [2.75, 3.05) is 7.11 Å². The molecule has 1 aliphatic rings. The minimum absolute atomic E-state index is 0.0766. The SMILES string of the molecule is COc1cc2c(=O)n(C3CC3)c(=S)[nH]c2cc1OC(F)F. The lowest BCUT2D eigenvalue weighted by atomic mass is 10.2. The quantitative estimate of drug-likeness (QED) is 0.882. The van der Waals surface area contributed by atoms with Crippen LogP contribution in [-0.2, 0) is 0 Å². The molecule has 21 heavy (non-hydrogen) atoms. The van der Waals surface area contributed by atoms with Crippen LogP contribution in [-0.4, -0.2) is 23.3 Å². The van der Waals surface area contributed by atoms with E-state index in [1.54, 1.807) is 0 Å². The molecule has 8 heteroatoms. The predicted octanol–water partition coefficient (Wildman–Crippen LogP) is 3.00. The molecule has 0 unspecified atom stereocenters. The maximum absolute atomic E-state index is 12.5. The van der Waals surface area contributed by atoms with Crippen LogP contribution in [0.2, 0.25) is 0 Å². The van der Waals surface area contributed by atoms with Gasteiger partial charge in [0.05, 0.1) is 18.0 Å². The Morgan fingerprint density at radius 1 is 1.38 bits per heavy atom. The van der Waals surface area contributed by atoms with Crippen LogP contribution >= 0.6 is 12.2 Å². The first-order chi connectivity index (χ1) is 10.0. The number of H-pyrrole nitrogens is 1. The van der Waals surface area contributed by atoms with Crippen molar-refractivity contribution in [1.82, 2.24) is 9.55 Å². The standard InChI is InChI=1S/C13H12F2N2O3S/c1-19-9-4-7-8(5-10(9)20-12(14)15)16-13(21)17(11(7)18)6-2-3-6/h4-6,12H,2-3H2,1H3,(H,16,21). The number of methoxy groups -OCH3 is 1. The number of ether oxygens (including phenoxy) is 2. The van der Waals surface area contributed by atoms with Gasteiger partial charge in [-0.1, -0.05) is 0 Å². The Morgan fingerprint density at radius 2 is 2.10 bits per heavy atom. The van der Waals surface area contributed by atoms with Crippen LogP contribution in [0.4, 0.5) is 8.78 Å². The Labute approximate surface area is 123 Å². The van der Waals surface area contributed by atoms with Gasteiger partial charge in [-0.2, -0.15) is 8.78 Å². The van der Waals surface area contributed by atoms with Gasteiger partial charge in [0, 0.05) is 12.1 Å². The first kappa shape index (κ1) is 14.0. The molecule has 1 heterocycles. The van der Waals surface area contributed by atoms with E-state index < -0.39 is 6.61 Å². The van der Waals surface area contributed by atoms with Gasteiger partial charge in [-0.3, -0.25) is 9.36 Å². The second-order valence-electron chi connectivity index (χ2n) is 4.76. The average molecular weight is 314 g/mol. The number of hydrogen-bond donors (Lipinski definition) is 1. The lowest BCUT2D eigenvalue weighted by Gasteiger charge is -2.12. The van der Waals surface area contributed by atoms with Crippen molar-refractivity contribution in [2.45, 2.75) is 25.5 Å². The summed E-state index contributed by atoms with van der Waals surface area (Å²) in [7, 11) is 1.32. The van der Waals surface area contributed by atoms with Gasteiger partial charge in [-0.05, 0) is 31.1 Å². The first-order valence-electron chi connectivity index (χ1n) is 6.32. The van der Waals surface area contributed by atoms with Crippen LogP contribution in [0.15, 0.2) is 16.9 Å². The first-order valence-corrected chi connectivity index (χ1v) is 6.73. The molecule has 0 bridgehead atoms. The topological polar surface area (TPSA) is 56.2 Å². The number of nitrogens with one attached hydrogen (secondary N) is 1. The molecule has 1 aromatic carbocycles. The molecule has 112 valence electrons. The molecule has 1 aliphatic carbocycles. The summed E-state index contributed by atoms with van der Waals surface area (Å²) >= 11 is 5.16. The molecular weight excluding hydrogens is 302 g/mol. The number of hydrogen-bond acceptors (Lipinski definition) is 4. The van der Waals surface area contributed by atoms with E-state index in [4.69, 9.17) is 17.0 Å². The summed E-state index contributed by atoms with van der Waals surface area (Å²) in [5.41, 5.74) is 0.0940. The van der Waals surface area contributed by atoms with E-state index in [0.717, 1.165) is 12.8 Å². The molecule has 1 N–H and O–H groups in total. The van der Waals surface area contributed by atoms with Crippen LogP contribution in [0.5, 0.6) is 11.5 Å². The highest BCUT2D eigenvalue weighted by molar-refractivity contribution is 7.71. The largest absolute Gasteiger partial charge is 0.493 e. The van der Waals surface area contributed by atoms with Crippen LogP contribution in [0.1, 0.15) is 18.9 Å². The fraction of sp³-hybridized carbons (Fsp3) is 0.385. The normalized spacial score (nSPS) is 14.7. The minimum atomic E-state index is -2.98. The van der Waals surface area contributed by atoms with Crippen molar-refractivity contribution in [3.63, 3.8) is 0 Å². The Morgan fingerprint density at radius 3 is 2.67 bits per heavy atom. The van der Waals surface area contributed by atoms with Gasteiger partial charge in [-0.25, -0.2) is 0 Å². The molecule has 0 aliphatic heterocycles. The van der Waals surface area contributed by atoms with Crippen LogP contribution in [0.3, 0.4) is 0 Å². The molecule has 1 saturated carbocycles. The molecule has 1 fully saturated rings. The Kier molecular flexibility index (Phi) is 3.40. The zero-order valence-electron chi connectivity index (χ0n) is 11.1. The van der Waals surface area contributed by atoms with Crippen molar-refractivity contribution in [1.29, 1.82) is 0 Å². The second kappa shape index (κ2) is 5.10. The third kappa shape index (κ3) is 2.51. The molecule has 1 aromatic heterocycles. The molecule has 3 rings (SSSR count). The fourth-order valence-corrected chi connectivity index (χ4v) is 2.59. The third-order valence-electron chi connectivity index (χ3n) is 3.34. The van der Waals surface area contributed by atoms with E-state index in [0.29, 0.717) is 10.9 Å². The molecule has 0 saturated heterocycles. The van der Waals surface area contributed by atoms with Crippen molar-refractivity contribution in [3.05, 3.63) is 27.3 Å². The monoisotopic (exact) mass is 314 g/mol. The van der Waals surface area contributed by atoms with Crippen molar-refractivity contribution in [2.24, 2.45) is 0 Å². The van der Waals surface area contributed by atoms with E-state index in [-0.39, 0.29) is 27.9 Å². The van der Waals surface area contributed by atoms with Gasteiger partial charge in [-0.15, -0.1) is 0 Å². The number of aromatic nitrogens is 2. The van der Waals surface area contributed by atoms with Crippen molar-refractivity contribution in [3.8, 4) is 11.5 Å². The maximum Gasteiger partial charge on any atom is 0.387 e. The van der Waals surface area contributed by atoms with Gasteiger partial charge >= 0.3 is 6.61 Å². The van der Waals surface area contributed by atoms with Gasteiger partial charge in [0.25, 0.3) is 5.56 Å². The number of rotatable bonds is 4. The van der Waals surface area contributed by atoms with E-state index >= 15 is 0 Å². The zero-order valence-corrected chi connectivity index (χ0v) is 11.9. The number of benzene rings is 1. The molecule has 5 nitrogen and oxygen atoms in total. The summed E-state index contributed by atoms with van der Waals surface area (Å²) < 4.78 is 36.0. The van der Waals surface area contributed by atoms with Gasteiger partial charge < -0.3 is 14.5 Å². The molecular formula is C13H12F2N2O3S. The predicted molar refractivity (Wildman–Crippen MR) is 74.8 cm³/mol. The number of alkyl halides is 2. The summed E-state index contributed by atoms with van der Waals surface area (Å²) in [5, 5.41) is 0.328. The molecule has 0 spiro atoms. The Balaban J connectivity index is 2.25. The zero-order chi connectivity index (χ0) is 15.1. The maximum atomic E-state index is 12.5. The van der Waals surface area contributed by atoms with Crippen molar-refractivity contribution >= 4 is 23.1 Å². The second-order valence-corrected chi connectivity index (χ2v) is 5.15. The number of fused-ring (bicyclic) bond motifs is 1. The van der Waals surface area contributed by atoms with E-state index in [2.05, 4.69) is 9.72 Å². The lowest BCUT2D eigenvalue weighted by Crippen LogP contribution is -2.21. The lowest BCUT2D eigenvalue weighted by molar-refractivity contribution is -0.0511. The average Bonchev–Trinajstić information content (AvgIpc) is 3.22. The summed E-state index contributed by atoms with van der Waals surface area (Å²) in [6.07, 6.45) is 1.82. The highest BCUT2D eigenvalue weighted by atomic mass is 32.1. The van der Waals surface area contributed by atoms with E-state index in [1.807, 2.05) is 0 Å². The van der Waals surface area contributed by atoms with Gasteiger partial charge in [0.15, 0.2) is 16.3 Å². The highest BCUT2D eigenvalue weighted by Gasteiger charge is 2.26. The summed E-state index contributed by atoms with van der Waals surface area (Å²) in [6.45, 7) is -2.98. The number of halogens is 2. The van der Waals surface area contributed by atoms with Gasteiger partial charge in [0.1, 0.15) is 0 Å². The fourth-order valence-electron chi connectivity index (χ4n) is 2.25. The smallest absolute Gasteiger partial charge is 0.387 e. The Hall–Kier alpha value is -1.96. The van der Waals surface area contributed by atoms with Crippen LogP contribution in [0.25, 0.3) is 10.9 Å².